The van der Waals surface area contributed by atoms with Gasteiger partial charge >= 0.3 is 0 Å². The fourth-order valence-corrected chi connectivity index (χ4v) is 3.46. The number of nitrogens with two attached hydrogens (primary N) is 1. The summed E-state index contributed by atoms with van der Waals surface area (Å²) in [6.07, 6.45) is 10.4. The third kappa shape index (κ3) is 6.34. The van der Waals surface area contributed by atoms with Crippen LogP contribution in [0.4, 0.5) is 11.4 Å². The van der Waals surface area contributed by atoms with Gasteiger partial charge in [-0.2, -0.15) is 5.10 Å². The first-order valence-corrected chi connectivity index (χ1v) is 10.4. The lowest BCUT2D eigenvalue weighted by Crippen LogP contribution is -2.42. The van der Waals surface area contributed by atoms with E-state index in [4.69, 9.17) is 5.73 Å². The van der Waals surface area contributed by atoms with Crippen LogP contribution in [0.5, 0.6) is 0 Å². The van der Waals surface area contributed by atoms with E-state index in [2.05, 4.69) is 54.1 Å². The first kappa shape index (κ1) is 23.5. The predicted molar refractivity (Wildman–Crippen MR) is 125 cm³/mol. The van der Waals surface area contributed by atoms with Gasteiger partial charge in [-0.1, -0.05) is 50.7 Å². The van der Waals surface area contributed by atoms with Crippen molar-refractivity contribution >= 4 is 11.4 Å². The van der Waals surface area contributed by atoms with Crippen molar-refractivity contribution in [1.82, 2.24) is 20.4 Å². The lowest BCUT2D eigenvalue weighted by atomic mass is 9.80. The molecule has 1 aliphatic rings. The molecule has 0 spiro atoms. The van der Waals surface area contributed by atoms with Gasteiger partial charge in [0.05, 0.1) is 31.6 Å². The van der Waals surface area contributed by atoms with Crippen molar-refractivity contribution in [2.75, 3.05) is 43.5 Å². The smallest absolute Gasteiger partial charge is 0.292 e. The minimum atomic E-state index is -0.222. The molecular formula is C23H34N6O. The highest BCUT2D eigenvalue weighted by atomic mass is 16.1. The Bertz CT molecular complexity index is 904. The van der Waals surface area contributed by atoms with E-state index in [9.17, 15) is 4.79 Å². The SMILES string of the molecule is C=CC1=CC=CC(C)(Cn2ncc(N)c(N(CC#CC)CNCCNCC)c2=O)C1. The van der Waals surface area contributed by atoms with Gasteiger partial charge in [-0.05, 0) is 25.5 Å². The zero-order valence-electron chi connectivity index (χ0n) is 18.4. The summed E-state index contributed by atoms with van der Waals surface area (Å²) >= 11 is 0. The Labute approximate surface area is 179 Å². The molecule has 0 bridgehead atoms. The summed E-state index contributed by atoms with van der Waals surface area (Å²) in [6, 6.07) is 0. The van der Waals surface area contributed by atoms with Crippen LogP contribution in [0, 0.1) is 17.3 Å². The van der Waals surface area contributed by atoms with Crippen molar-refractivity contribution in [3.05, 3.63) is 53.0 Å². The summed E-state index contributed by atoms with van der Waals surface area (Å²) < 4.78 is 1.51. The van der Waals surface area contributed by atoms with Gasteiger partial charge < -0.3 is 16.0 Å². The molecule has 1 unspecified atom stereocenters. The van der Waals surface area contributed by atoms with Crippen LogP contribution in [0.1, 0.15) is 27.2 Å². The fraction of sp³-hybridized carbons (Fsp3) is 0.478. The number of likely N-dealkylation sites (N-methyl/N-ethyl adjacent to an activating group) is 1. The molecule has 1 heterocycles. The normalized spacial score (nSPS) is 17.8. The maximum atomic E-state index is 13.3. The first-order chi connectivity index (χ1) is 14.4. The van der Waals surface area contributed by atoms with Gasteiger partial charge in [0, 0.05) is 18.5 Å². The molecule has 0 aliphatic heterocycles. The van der Waals surface area contributed by atoms with Gasteiger partial charge in [-0.25, -0.2) is 4.68 Å². The van der Waals surface area contributed by atoms with Crippen molar-refractivity contribution in [3.63, 3.8) is 0 Å². The monoisotopic (exact) mass is 410 g/mol. The highest BCUT2D eigenvalue weighted by Gasteiger charge is 2.27. The third-order valence-corrected chi connectivity index (χ3v) is 5.03. The van der Waals surface area contributed by atoms with Crippen molar-refractivity contribution in [3.8, 4) is 11.8 Å². The first-order valence-electron chi connectivity index (χ1n) is 10.4. The van der Waals surface area contributed by atoms with Crippen molar-refractivity contribution in [2.45, 2.75) is 33.7 Å². The van der Waals surface area contributed by atoms with Gasteiger partial charge in [0.2, 0.25) is 0 Å². The van der Waals surface area contributed by atoms with E-state index in [-0.39, 0.29) is 11.0 Å². The predicted octanol–water partition coefficient (Wildman–Crippen LogP) is 1.89. The highest BCUT2D eigenvalue weighted by molar-refractivity contribution is 5.65. The number of hydrogen-bond donors (Lipinski definition) is 3. The Balaban J connectivity index is 2.26. The number of aromatic nitrogens is 2. The van der Waals surface area contributed by atoms with Crippen LogP contribution in [-0.4, -0.2) is 42.6 Å². The van der Waals surface area contributed by atoms with Gasteiger partial charge in [0.15, 0.2) is 0 Å². The number of anilines is 2. The van der Waals surface area contributed by atoms with E-state index in [1.807, 2.05) is 23.1 Å². The second-order valence-electron chi connectivity index (χ2n) is 7.68. The molecule has 1 aromatic rings. The largest absolute Gasteiger partial charge is 0.396 e. The molecule has 7 nitrogen and oxygen atoms in total. The van der Waals surface area contributed by atoms with Crippen LogP contribution in [0.2, 0.25) is 0 Å². The molecule has 0 radical (unpaired) electrons. The third-order valence-electron chi connectivity index (χ3n) is 5.03. The molecule has 4 N–H and O–H groups in total. The van der Waals surface area contributed by atoms with Crippen molar-refractivity contribution in [1.29, 1.82) is 0 Å². The quantitative estimate of drug-likeness (QED) is 0.293. The lowest BCUT2D eigenvalue weighted by Gasteiger charge is -2.30. The average molecular weight is 411 g/mol. The molecular weight excluding hydrogens is 376 g/mol. The lowest BCUT2D eigenvalue weighted by molar-refractivity contribution is 0.326. The summed E-state index contributed by atoms with van der Waals surface area (Å²) in [6.45, 7) is 13.7. The minimum Gasteiger partial charge on any atom is -0.396 e. The van der Waals surface area contributed by atoms with E-state index in [0.717, 1.165) is 31.6 Å². The molecule has 0 fully saturated rings. The van der Waals surface area contributed by atoms with Crippen LogP contribution in [-0.2, 0) is 6.54 Å². The number of nitrogens with one attached hydrogen (secondary N) is 2. The Hall–Kier alpha value is -2.82. The maximum absolute atomic E-state index is 13.3. The summed E-state index contributed by atoms with van der Waals surface area (Å²) in [5.41, 5.74) is 7.70. The molecule has 1 aromatic heterocycles. The number of nitrogen functional groups attached to an aromatic ring is 1. The average Bonchev–Trinajstić information content (AvgIpc) is 2.73. The van der Waals surface area contributed by atoms with Crippen LogP contribution in [0.25, 0.3) is 0 Å². The fourth-order valence-electron chi connectivity index (χ4n) is 3.46. The number of allylic oxidation sites excluding steroid dienone is 5. The minimum absolute atomic E-state index is 0.203. The molecule has 162 valence electrons. The van der Waals surface area contributed by atoms with E-state index in [0.29, 0.717) is 31.1 Å². The van der Waals surface area contributed by atoms with Crippen LogP contribution in [0.15, 0.2) is 47.4 Å². The topological polar surface area (TPSA) is 88.2 Å². The van der Waals surface area contributed by atoms with Gasteiger partial charge in [0.1, 0.15) is 5.69 Å². The van der Waals surface area contributed by atoms with Crippen molar-refractivity contribution in [2.24, 2.45) is 5.41 Å². The second-order valence-corrected chi connectivity index (χ2v) is 7.68. The van der Waals surface area contributed by atoms with Gasteiger partial charge in [-0.3, -0.25) is 10.1 Å². The summed E-state index contributed by atoms with van der Waals surface area (Å²) in [5.74, 6) is 5.93. The molecule has 0 saturated carbocycles. The number of rotatable bonds is 11. The summed E-state index contributed by atoms with van der Waals surface area (Å²) in [5, 5.41) is 10.9. The summed E-state index contributed by atoms with van der Waals surface area (Å²) in [7, 11) is 0. The van der Waals surface area contributed by atoms with Crippen molar-refractivity contribution < 1.29 is 0 Å². The molecule has 0 amide bonds. The molecule has 0 saturated heterocycles. The van der Waals surface area contributed by atoms with E-state index >= 15 is 0 Å². The number of hydrogen-bond acceptors (Lipinski definition) is 6. The van der Waals surface area contributed by atoms with Crippen LogP contribution < -0.4 is 26.8 Å². The molecule has 0 aromatic carbocycles. The molecule has 30 heavy (non-hydrogen) atoms. The van der Waals surface area contributed by atoms with Gasteiger partial charge in [-0.15, -0.1) is 5.92 Å². The Morgan fingerprint density at radius 2 is 2.20 bits per heavy atom. The molecule has 7 heteroatoms. The number of nitrogens with zero attached hydrogens (tertiary/aromatic N) is 3. The molecule has 1 atom stereocenters. The van der Waals surface area contributed by atoms with Gasteiger partial charge in [0.25, 0.3) is 5.56 Å². The highest BCUT2D eigenvalue weighted by Crippen LogP contribution is 2.33. The second kappa shape index (κ2) is 11.4. The Morgan fingerprint density at radius 1 is 1.43 bits per heavy atom. The van der Waals surface area contributed by atoms with E-state index in [1.165, 1.54) is 4.68 Å². The zero-order valence-corrected chi connectivity index (χ0v) is 18.4. The Morgan fingerprint density at radius 3 is 2.90 bits per heavy atom. The summed E-state index contributed by atoms with van der Waals surface area (Å²) in [4.78, 5) is 15.2. The van der Waals surface area contributed by atoms with E-state index in [1.54, 1.807) is 13.1 Å². The molecule has 2 rings (SSSR count). The zero-order chi connectivity index (χ0) is 22.0. The van der Waals surface area contributed by atoms with Crippen LogP contribution >= 0.6 is 0 Å². The van der Waals surface area contributed by atoms with Crippen LogP contribution in [0.3, 0.4) is 0 Å². The Kier molecular flexibility index (Phi) is 8.90. The maximum Gasteiger partial charge on any atom is 0.292 e. The standard InChI is InChI=1S/C23H34N6O/c1-5-8-14-28(18-26-13-12-25-7-3)21-20(24)16-27-29(22(21)30)17-23(4)11-9-10-19(6-2)15-23/h6,9-11,16,25-26H,2,7,12-15,17-18,24H2,1,3-4H3. The molecule has 1 aliphatic carbocycles. The van der Waals surface area contributed by atoms with E-state index < -0.39 is 0 Å².